The summed E-state index contributed by atoms with van der Waals surface area (Å²) in [4.78, 5) is 0. The highest BCUT2D eigenvalue weighted by molar-refractivity contribution is 5.82. The maximum Gasteiger partial charge on any atom is 0.119 e. The minimum atomic E-state index is -0.210. The largest absolute Gasteiger partial charge is 0.494 e. The lowest BCUT2D eigenvalue weighted by Gasteiger charge is -2.22. The van der Waals surface area contributed by atoms with Crippen molar-refractivity contribution in [2.24, 2.45) is 11.1 Å². The first-order valence-corrected chi connectivity index (χ1v) is 7.66. The summed E-state index contributed by atoms with van der Waals surface area (Å²) in [6.45, 7) is 7.52. The minimum absolute atomic E-state index is 0.210. The maximum absolute atomic E-state index is 7.51. The Hall–Kier alpha value is -1.71. The van der Waals surface area contributed by atoms with Crippen molar-refractivity contribution >= 4 is 5.84 Å². The van der Waals surface area contributed by atoms with Crippen molar-refractivity contribution in [3.05, 3.63) is 24.3 Å². The van der Waals surface area contributed by atoms with E-state index in [0.29, 0.717) is 6.61 Å². The van der Waals surface area contributed by atoms with Crippen LogP contribution in [0.15, 0.2) is 24.3 Å². The molecule has 1 aromatic rings. The van der Waals surface area contributed by atoms with Crippen molar-refractivity contribution in [1.29, 1.82) is 5.41 Å². The van der Waals surface area contributed by atoms with Gasteiger partial charge in [0.2, 0.25) is 0 Å². The van der Waals surface area contributed by atoms with E-state index in [2.05, 4.69) is 6.92 Å². The van der Waals surface area contributed by atoms with Crippen LogP contribution < -0.4 is 15.2 Å². The summed E-state index contributed by atoms with van der Waals surface area (Å²) in [5, 5.41) is 7.51. The van der Waals surface area contributed by atoms with E-state index >= 15 is 0 Å². The van der Waals surface area contributed by atoms with Gasteiger partial charge < -0.3 is 15.2 Å². The number of ether oxygens (including phenoxy) is 2. The smallest absolute Gasteiger partial charge is 0.119 e. The fourth-order valence-corrected chi connectivity index (χ4v) is 1.85. The molecule has 0 aliphatic heterocycles. The first-order chi connectivity index (χ1) is 9.95. The van der Waals surface area contributed by atoms with Gasteiger partial charge in [-0.1, -0.05) is 20.8 Å². The Kier molecular flexibility index (Phi) is 7.06. The minimum Gasteiger partial charge on any atom is -0.494 e. The molecule has 4 heteroatoms. The molecule has 0 fully saturated rings. The zero-order chi connectivity index (χ0) is 15.7. The number of rotatable bonds is 10. The number of amidine groups is 1. The third-order valence-corrected chi connectivity index (χ3v) is 3.49. The fourth-order valence-electron chi connectivity index (χ4n) is 1.85. The van der Waals surface area contributed by atoms with Gasteiger partial charge >= 0.3 is 0 Å². The molecule has 118 valence electrons. The normalized spacial score (nSPS) is 11.2. The van der Waals surface area contributed by atoms with Crippen LogP contribution in [0.5, 0.6) is 11.5 Å². The van der Waals surface area contributed by atoms with Crippen LogP contribution in [0.2, 0.25) is 0 Å². The molecular weight excluding hydrogens is 264 g/mol. The lowest BCUT2D eigenvalue weighted by atomic mass is 9.86. The number of unbranched alkanes of at least 4 members (excludes halogenated alkanes) is 1. The number of hydrogen-bond acceptors (Lipinski definition) is 3. The van der Waals surface area contributed by atoms with Crippen molar-refractivity contribution in [1.82, 2.24) is 0 Å². The summed E-state index contributed by atoms with van der Waals surface area (Å²) in [7, 11) is 0. The van der Waals surface area contributed by atoms with Gasteiger partial charge in [0, 0.05) is 5.41 Å². The Bertz CT molecular complexity index is 427. The van der Waals surface area contributed by atoms with Gasteiger partial charge in [-0.15, -0.1) is 0 Å². The molecule has 1 rings (SSSR count). The molecule has 3 N–H and O–H groups in total. The second-order valence-corrected chi connectivity index (χ2v) is 5.92. The van der Waals surface area contributed by atoms with E-state index in [4.69, 9.17) is 20.6 Å². The van der Waals surface area contributed by atoms with Crippen LogP contribution in [0.3, 0.4) is 0 Å². The van der Waals surface area contributed by atoms with Gasteiger partial charge in [0.1, 0.15) is 11.5 Å². The molecule has 0 heterocycles. The molecule has 0 bridgehead atoms. The van der Waals surface area contributed by atoms with Crippen LogP contribution in [-0.4, -0.2) is 19.0 Å². The van der Waals surface area contributed by atoms with Crippen molar-refractivity contribution in [3.63, 3.8) is 0 Å². The molecule has 0 saturated heterocycles. The van der Waals surface area contributed by atoms with E-state index in [1.54, 1.807) is 0 Å². The van der Waals surface area contributed by atoms with E-state index in [0.717, 1.165) is 43.8 Å². The molecule has 0 aromatic heterocycles. The van der Waals surface area contributed by atoms with Gasteiger partial charge in [0.25, 0.3) is 0 Å². The lowest BCUT2D eigenvalue weighted by molar-refractivity contribution is 0.293. The first-order valence-electron chi connectivity index (χ1n) is 7.66. The van der Waals surface area contributed by atoms with Crippen LogP contribution in [0.4, 0.5) is 0 Å². The van der Waals surface area contributed by atoms with Gasteiger partial charge in [0.05, 0.1) is 19.0 Å². The highest BCUT2D eigenvalue weighted by Gasteiger charge is 2.20. The summed E-state index contributed by atoms with van der Waals surface area (Å²) in [6.07, 6.45) is 3.89. The average Bonchev–Trinajstić information content (AvgIpc) is 2.45. The van der Waals surface area contributed by atoms with Crippen LogP contribution in [0, 0.1) is 10.8 Å². The average molecular weight is 292 g/mol. The van der Waals surface area contributed by atoms with Crippen LogP contribution in [-0.2, 0) is 0 Å². The maximum atomic E-state index is 7.51. The third kappa shape index (κ3) is 6.52. The Morgan fingerprint density at radius 2 is 1.57 bits per heavy atom. The second kappa shape index (κ2) is 8.55. The first kappa shape index (κ1) is 17.3. The summed E-state index contributed by atoms with van der Waals surface area (Å²) in [5.41, 5.74) is 5.35. The van der Waals surface area contributed by atoms with E-state index in [-0.39, 0.29) is 11.3 Å². The zero-order valence-electron chi connectivity index (χ0n) is 13.4. The summed E-state index contributed by atoms with van der Waals surface area (Å²) in [5.74, 6) is 2.00. The third-order valence-electron chi connectivity index (χ3n) is 3.49. The highest BCUT2D eigenvalue weighted by Crippen LogP contribution is 2.23. The molecule has 0 unspecified atom stereocenters. The summed E-state index contributed by atoms with van der Waals surface area (Å²) in [6, 6.07) is 7.74. The van der Waals surface area contributed by atoms with E-state index in [1.165, 1.54) is 0 Å². The molecule has 0 aliphatic carbocycles. The molecule has 0 radical (unpaired) electrons. The summed E-state index contributed by atoms with van der Waals surface area (Å²) >= 11 is 0. The quantitative estimate of drug-likeness (QED) is 0.389. The van der Waals surface area contributed by atoms with Gasteiger partial charge in [-0.3, -0.25) is 5.41 Å². The molecule has 4 nitrogen and oxygen atoms in total. The SMILES string of the molecule is CCCOc1ccc(OCCCCC(C)(C)C(=N)N)cc1. The van der Waals surface area contributed by atoms with Crippen LogP contribution in [0.25, 0.3) is 0 Å². The van der Waals surface area contributed by atoms with Gasteiger partial charge in [-0.05, 0) is 49.9 Å². The predicted octanol–water partition coefficient (Wildman–Crippen LogP) is 3.99. The van der Waals surface area contributed by atoms with E-state index < -0.39 is 0 Å². The molecule has 1 aromatic carbocycles. The zero-order valence-corrected chi connectivity index (χ0v) is 13.4. The molecule has 21 heavy (non-hydrogen) atoms. The Morgan fingerprint density at radius 1 is 1.05 bits per heavy atom. The Labute approximate surface area is 128 Å². The molecule has 0 saturated carbocycles. The standard InChI is InChI=1S/C17H28N2O2/c1-4-12-20-14-7-9-15(10-8-14)21-13-6-5-11-17(2,3)16(18)19/h7-10H,4-6,11-13H2,1-3H3,(H3,18,19). The molecule has 0 spiro atoms. The molecule has 0 aliphatic rings. The molecule has 0 atom stereocenters. The topological polar surface area (TPSA) is 68.3 Å². The number of nitrogens with one attached hydrogen (secondary N) is 1. The fraction of sp³-hybridized carbons (Fsp3) is 0.588. The van der Waals surface area contributed by atoms with Gasteiger partial charge in [-0.2, -0.15) is 0 Å². The van der Waals surface area contributed by atoms with Crippen LogP contribution >= 0.6 is 0 Å². The van der Waals surface area contributed by atoms with Crippen LogP contribution in [0.1, 0.15) is 46.5 Å². The Balaban J connectivity index is 2.22. The number of benzene rings is 1. The second-order valence-electron chi connectivity index (χ2n) is 5.92. The predicted molar refractivity (Wildman–Crippen MR) is 87.3 cm³/mol. The van der Waals surface area contributed by atoms with Crippen molar-refractivity contribution in [2.75, 3.05) is 13.2 Å². The number of nitrogens with two attached hydrogens (primary N) is 1. The molecule has 0 amide bonds. The van der Waals surface area contributed by atoms with E-state index in [9.17, 15) is 0 Å². The van der Waals surface area contributed by atoms with Crippen molar-refractivity contribution < 1.29 is 9.47 Å². The van der Waals surface area contributed by atoms with E-state index in [1.807, 2.05) is 38.1 Å². The number of hydrogen-bond donors (Lipinski definition) is 2. The monoisotopic (exact) mass is 292 g/mol. The Morgan fingerprint density at radius 3 is 2.05 bits per heavy atom. The van der Waals surface area contributed by atoms with Gasteiger partial charge in [-0.25, -0.2) is 0 Å². The highest BCUT2D eigenvalue weighted by atomic mass is 16.5. The van der Waals surface area contributed by atoms with Gasteiger partial charge in [0.15, 0.2) is 0 Å². The van der Waals surface area contributed by atoms with Crippen molar-refractivity contribution in [2.45, 2.75) is 46.5 Å². The summed E-state index contributed by atoms with van der Waals surface area (Å²) < 4.78 is 11.2. The molecular formula is C17H28N2O2. The lowest BCUT2D eigenvalue weighted by Crippen LogP contribution is -2.30. The van der Waals surface area contributed by atoms with Crippen molar-refractivity contribution in [3.8, 4) is 11.5 Å².